The first-order valence-corrected chi connectivity index (χ1v) is 9.20. The summed E-state index contributed by atoms with van der Waals surface area (Å²) in [5, 5.41) is 5.01. The highest BCUT2D eigenvalue weighted by Gasteiger charge is 2.24. The maximum absolute atomic E-state index is 6.13. The van der Waals surface area contributed by atoms with Gasteiger partial charge in [0.15, 0.2) is 12.2 Å². The quantitative estimate of drug-likeness (QED) is 0.508. The number of anilines is 1. The summed E-state index contributed by atoms with van der Waals surface area (Å²) < 4.78 is 2.04. The Labute approximate surface area is 147 Å². The average Bonchev–Trinajstić information content (AvgIpc) is 2.76. The first kappa shape index (κ1) is 17.9. The number of hydrogen-bond acceptors (Lipinski definition) is 2. The van der Waals surface area contributed by atoms with Gasteiger partial charge in [0.25, 0.3) is 0 Å². The minimum absolute atomic E-state index is 0.707. The van der Waals surface area contributed by atoms with E-state index in [0.717, 1.165) is 28.7 Å². The highest BCUT2D eigenvalue weighted by Crippen LogP contribution is 2.28. The molecule has 0 radical (unpaired) electrons. The Bertz CT molecular complexity index is 736. The van der Waals surface area contributed by atoms with Gasteiger partial charge in [0.05, 0.1) is 5.69 Å². The zero-order valence-electron chi connectivity index (χ0n) is 14.6. The number of thioether (sulfide) groups is 1. The molecule has 2 aromatic rings. The number of aromatic nitrogens is 2. The molecule has 0 bridgehead atoms. The van der Waals surface area contributed by atoms with Crippen LogP contribution in [0, 0.1) is 20.8 Å². The molecule has 0 atom stereocenters. The molecule has 6 heteroatoms. The van der Waals surface area contributed by atoms with Crippen molar-refractivity contribution in [3.8, 4) is 0 Å². The van der Waals surface area contributed by atoms with Gasteiger partial charge >= 0.3 is 0 Å². The molecule has 23 heavy (non-hydrogen) atoms. The molecule has 1 aromatic heterocycles. The van der Waals surface area contributed by atoms with Crippen LogP contribution in [0.2, 0.25) is 5.02 Å². The van der Waals surface area contributed by atoms with Gasteiger partial charge in [-0.3, -0.25) is 0 Å². The van der Waals surface area contributed by atoms with Crippen molar-refractivity contribution in [2.24, 2.45) is 12.0 Å². The SMILES string of the molecule is CCN(C(=Nc1cc(Cl)ccc1C)SC)c1c(C)[nH][n+](C)c1C. The summed E-state index contributed by atoms with van der Waals surface area (Å²) in [6.45, 7) is 9.25. The molecule has 0 spiro atoms. The van der Waals surface area contributed by atoms with Crippen LogP contribution in [0.4, 0.5) is 11.4 Å². The standard InChI is InChI=1S/C17H23ClN4S/c1-7-22(16-12(3)20-21(5)13(16)4)17(23-6)19-15-10-14(18)9-8-11(15)2/h8-10H,7H2,1-6H3/p+1. The molecule has 0 amide bonds. The van der Waals surface area contributed by atoms with E-state index in [0.29, 0.717) is 5.02 Å². The summed E-state index contributed by atoms with van der Waals surface area (Å²) in [7, 11) is 2.02. The van der Waals surface area contributed by atoms with Crippen LogP contribution >= 0.6 is 23.4 Å². The van der Waals surface area contributed by atoms with Gasteiger partial charge in [-0.05, 0) is 44.7 Å². The third-order valence-electron chi connectivity index (χ3n) is 3.92. The van der Waals surface area contributed by atoms with E-state index in [-0.39, 0.29) is 0 Å². The number of amidine groups is 1. The molecule has 1 heterocycles. The summed E-state index contributed by atoms with van der Waals surface area (Å²) in [6, 6.07) is 5.81. The topological polar surface area (TPSA) is 35.3 Å². The Morgan fingerprint density at radius 3 is 2.57 bits per heavy atom. The normalized spacial score (nSPS) is 11.9. The predicted molar refractivity (Wildman–Crippen MR) is 101 cm³/mol. The number of benzene rings is 1. The fourth-order valence-electron chi connectivity index (χ4n) is 2.63. The number of aromatic amines is 1. The van der Waals surface area contributed by atoms with E-state index in [1.807, 2.05) is 29.9 Å². The molecule has 1 aromatic carbocycles. The van der Waals surface area contributed by atoms with Crippen LogP contribution in [0.25, 0.3) is 0 Å². The Kier molecular flexibility index (Phi) is 5.76. The minimum Gasteiger partial charge on any atom is -0.314 e. The number of hydrogen-bond donors (Lipinski definition) is 1. The van der Waals surface area contributed by atoms with Gasteiger partial charge in [-0.25, -0.2) is 4.99 Å². The second-order valence-electron chi connectivity index (χ2n) is 5.50. The van der Waals surface area contributed by atoms with Crippen molar-refractivity contribution in [1.82, 2.24) is 5.10 Å². The third kappa shape index (κ3) is 3.72. The zero-order valence-corrected chi connectivity index (χ0v) is 16.1. The molecule has 2 rings (SSSR count). The highest BCUT2D eigenvalue weighted by molar-refractivity contribution is 8.13. The summed E-state index contributed by atoms with van der Waals surface area (Å²) in [5.41, 5.74) is 5.54. The summed E-state index contributed by atoms with van der Waals surface area (Å²) in [6.07, 6.45) is 2.05. The van der Waals surface area contributed by atoms with Crippen LogP contribution in [-0.2, 0) is 7.05 Å². The van der Waals surface area contributed by atoms with Gasteiger partial charge in [0.2, 0.25) is 5.69 Å². The monoisotopic (exact) mass is 351 g/mol. The lowest BCUT2D eigenvalue weighted by Gasteiger charge is -2.22. The van der Waals surface area contributed by atoms with Crippen LogP contribution < -0.4 is 9.58 Å². The third-order valence-corrected chi connectivity index (χ3v) is 4.84. The Morgan fingerprint density at radius 1 is 1.35 bits per heavy atom. The maximum Gasteiger partial charge on any atom is 0.228 e. The number of nitrogens with one attached hydrogen (secondary N) is 1. The van der Waals surface area contributed by atoms with Gasteiger partial charge in [-0.2, -0.15) is 5.10 Å². The second-order valence-corrected chi connectivity index (χ2v) is 6.71. The van der Waals surface area contributed by atoms with Crippen molar-refractivity contribution in [2.45, 2.75) is 27.7 Å². The van der Waals surface area contributed by atoms with E-state index in [1.54, 1.807) is 11.8 Å². The number of aliphatic imine (C=N–C) groups is 1. The lowest BCUT2D eigenvalue weighted by molar-refractivity contribution is -0.732. The van der Waals surface area contributed by atoms with Crippen molar-refractivity contribution >= 4 is 39.9 Å². The van der Waals surface area contributed by atoms with E-state index < -0.39 is 0 Å². The lowest BCUT2D eigenvalue weighted by Crippen LogP contribution is -2.34. The van der Waals surface area contributed by atoms with Gasteiger partial charge < -0.3 is 4.90 Å². The zero-order chi connectivity index (χ0) is 17.1. The molecule has 0 unspecified atom stereocenters. The Balaban J connectivity index is 2.53. The average molecular weight is 352 g/mol. The first-order valence-electron chi connectivity index (χ1n) is 7.60. The fourth-order valence-corrected chi connectivity index (χ4v) is 3.42. The summed E-state index contributed by atoms with van der Waals surface area (Å²) >= 11 is 7.77. The molecular formula is C17H24ClN4S+. The minimum atomic E-state index is 0.707. The van der Waals surface area contributed by atoms with Crippen molar-refractivity contribution in [2.75, 3.05) is 17.7 Å². The molecule has 0 saturated heterocycles. The molecule has 4 nitrogen and oxygen atoms in total. The molecule has 0 aliphatic heterocycles. The second kappa shape index (κ2) is 7.41. The molecule has 0 aliphatic carbocycles. The Hall–Kier alpha value is -1.46. The van der Waals surface area contributed by atoms with E-state index in [1.165, 1.54) is 11.4 Å². The van der Waals surface area contributed by atoms with Gasteiger partial charge in [-0.15, -0.1) is 4.68 Å². The van der Waals surface area contributed by atoms with E-state index in [2.05, 4.69) is 43.9 Å². The smallest absolute Gasteiger partial charge is 0.228 e. The van der Waals surface area contributed by atoms with E-state index >= 15 is 0 Å². The number of rotatable bonds is 3. The van der Waals surface area contributed by atoms with Crippen LogP contribution in [0.5, 0.6) is 0 Å². The molecule has 0 aliphatic rings. The van der Waals surface area contributed by atoms with Crippen LogP contribution in [0.3, 0.4) is 0 Å². The predicted octanol–water partition coefficient (Wildman–Crippen LogP) is 4.29. The highest BCUT2D eigenvalue weighted by atomic mass is 35.5. The molecule has 0 saturated carbocycles. The lowest BCUT2D eigenvalue weighted by atomic mass is 10.2. The molecule has 0 fully saturated rings. The molecule has 124 valence electrons. The van der Waals surface area contributed by atoms with E-state index in [9.17, 15) is 0 Å². The van der Waals surface area contributed by atoms with Crippen LogP contribution in [-0.4, -0.2) is 23.1 Å². The number of aryl methyl sites for hydroxylation is 3. The molecular weight excluding hydrogens is 328 g/mol. The number of halogens is 1. The molecule has 1 N–H and O–H groups in total. The van der Waals surface area contributed by atoms with Gasteiger partial charge in [0.1, 0.15) is 11.4 Å². The van der Waals surface area contributed by atoms with Crippen LogP contribution in [0.15, 0.2) is 23.2 Å². The van der Waals surface area contributed by atoms with Crippen molar-refractivity contribution in [3.63, 3.8) is 0 Å². The number of H-pyrrole nitrogens is 1. The number of nitrogens with zero attached hydrogens (tertiary/aromatic N) is 3. The van der Waals surface area contributed by atoms with Crippen molar-refractivity contribution < 1.29 is 4.68 Å². The van der Waals surface area contributed by atoms with Crippen molar-refractivity contribution in [3.05, 3.63) is 40.2 Å². The van der Waals surface area contributed by atoms with E-state index in [4.69, 9.17) is 16.6 Å². The Morgan fingerprint density at radius 2 is 2.04 bits per heavy atom. The van der Waals surface area contributed by atoms with Crippen LogP contribution in [0.1, 0.15) is 23.9 Å². The summed E-state index contributed by atoms with van der Waals surface area (Å²) in [5.74, 6) is 0. The first-order chi connectivity index (χ1) is 10.9. The fraction of sp³-hybridized carbons (Fsp3) is 0.412. The van der Waals surface area contributed by atoms with Gasteiger partial charge in [0, 0.05) is 18.5 Å². The maximum atomic E-state index is 6.13. The summed E-state index contributed by atoms with van der Waals surface area (Å²) in [4.78, 5) is 7.12. The van der Waals surface area contributed by atoms with Crippen molar-refractivity contribution in [1.29, 1.82) is 0 Å². The largest absolute Gasteiger partial charge is 0.314 e. The van der Waals surface area contributed by atoms with Gasteiger partial charge in [-0.1, -0.05) is 29.4 Å².